The van der Waals surface area contributed by atoms with Crippen LogP contribution in [0.25, 0.3) is 11.4 Å². The van der Waals surface area contributed by atoms with Gasteiger partial charge in [0.1, 0.15) is 0 Å². The van der Waals surface area contributed by atoms with E-state index >= 15 is 0 Å². The average molecular weight is 420 g/mol. The first-order chi connectivity index (χ1) is 13.8. The Kier molecular flexibility index (Phi) is 5.03. The number of nitrogens with one attached hydrogen (secondary N) is 2. The predicted octanol–water partition coefficient (Wildman–Crippen LogP) is 0.171. The highest BCUT2D eigenvalue weighted by Gasteiger charge is 2.29. The van der Waals surface area contributed by atoms with Crippen molar-refractivity contribution in [3.05, 3.63) is 23.0 Å². The maximum absolute atomic E-state index is 12.2. The van der Waals surface area contributed by atoms with E-state index in [4.69, 9.17) is 4.98 Å². The van der Waals surface area contributed by atoms with Crippen molar-refractivity contribution in [2.45, 2.75) is 31.7 Å². The lowest BCUT2D eigenvalue weighted by atomic mass is 9.93. The lowest BCUT2D eigenvalue weighted by Gasteiger charge is -2.30. The molecular formula is C18H25N7O3S. The smallest absolute Gasteiger partial charge is 0.271 e. The van der Waals surface area contributed by atoms with Crippen molar-refractivity contribution in [3.63, 3.8) is 0 Å². The fourth-order valence-corrected chi connectivity index (χ4v) is 4.91. The van der Waals surface area contributed by atoms with Gasteiger partial charge in [-0.2, -0.15) is 5.10 Å². The molecule has 156 valence electrons. The Balaban J connectivity index is 1.57. The second-order valence-corrected chi connectivity index (χ2v) is 9.51. The first kappa shape index (κ1) is 19.8. The van der Waals surface area contributed by atoms with E-state index in [-0.39, 0.29) is 11.9 Å². The number of anilines is 1. The van der Waals surface area contributed by atoms with E-state index in [9.17, 15) is 13.2 Å². The molecule has 4 rings (SSSR count). The summed E-state index contributed by atoms with van der Waals surface area (Å²) in [4.78, 5) is 21.3. The van der Waals surface area contributed by atoms with Gasteiger partial charge >= 0.3 is 0 Å². The van der Waals surface area contributed by atoms with Crippen molar-refractivity contribution in [2.75, 3.05) is 31.7 Å². The van der Waals surface area contributed by atoms with Gasteiger partial charge in [0.05, 0.1) is 17.6 Å². The van der Waals surface area contributed by atoms with Gasteiger partial charge in [-0.1, -0.05) is 0 Å². The summed E-state index contributed by atoms with van der Waals surface area (Å²) in [6.45, 7) is 0.978. The highest BCUT2D eigenvalue weighted by atomic mass is 32.2. The molecule has 29 heavy (non-hydrogen) atoms. The van der Waals surface area contributed by atoms with Crippen LogP contribution in [-0.2, 0) is 29.9 Å². The summed E-state index contributed by atoms with van der Waals surface area (Å²) in [7, 11) is 0.265. The van der Waals surface area contributed by atoms with Gasteiger partial charge in [-0.05, 0) is 31.2 Å². The minimum Gasteiger partial charge on any atom is -0.354 e. The Labute approximate surface area is 169 Å². The lowest BCUT2D eigenvalue weighted by molar-refractivity contribution is 0.0956. The Bertz CT molecular complexity index is 1060. The van der Waals surface area contributed by atoms with E-state index in [0.717, 1.165) is 35.4 Å². The molecule has 1 aliphatic heterocycles. The third kappa shape index (κ3) is 3.71. The summed E-state index contributed by atoms with van der Waals surface area (Å²) < 4.78 is 26.6. The molecule has 1 amide bonds. The number of carbonyl (C=O) groups is 1. The van der Waals surface area contributed by atoms with E-state index in [1.807, 2.05) is 13.2 Å². The van der Waals surface area contributed by atoms with Gasteiger partial charge in [0.2, 0.25) is 16.0 Å². The number of hydrogen-bond acceptors (Lipinski definition) is 7. The summed E-state index contributed by atoms with van der Waals surface area (Å²) in [5.74, 6) is 0.312. The first-order valence-electron chi connectivity index (χ1n) is 9.64. The quantitative estimate of drug-likeness (QED) is 0.724. The Morgan fingerprint density at radius 1 is 1.24 bits per heavy atom. The van der Waals surface area contributed by atoms with Crippen LogP contribution in [0.1, 0.15) is 34.5 Å². The summed E-state index contributed by atoms with van der Waals surface area (Å²) >= 11 is 0. The highest BCUT2D eigenvalue weighted by molar-refractivity contribution is 7.88. The standard InChI is InChI=1S/C18H25N7O3S/c1-19-17(26)15-13-5-4-11-10-20-18(22-14(11)16(13)24(2)23-15)21-12-6-8-25(9-7-12)29(3,27)28/h10,12H,4-9H2,1-3H3,(H,19,26)(H,20,21,22). The molecule has 1 saturated heterocycles. The number of rotatable bonds is 4. The fraction of sp³-hybridized carbons (Fsp3) is 0.556. The van der Waals surface area contributed by atoms with Gasteiger partial charge in [0.25, 0.3) is 5.91 Å². The van der Waals surface area contributed by atoms with Crippen LogP contribution in [0.2, 0.25) is 0 Å². The Morgan fingerprint density at radius 2 is 1.97 bits per heavy atom. The van der Waals surface area contributed by atoms with E-state index in [2.05, 4.69) is 20.7 Å². The molecule has 0 spiro atoms. The fourth-order valence-electron chi connectivity index (χ4n) is 4.04. The van der Waals surface area contributed by atoms with E-state index < -0.39 is 10.0 Å². The number of aromatic nitrogens is 4. The number of carbonyl (C=O) groups excluding carboxylic acids is 1. The molecule has 0 atom stereocenters. The van der Waals surface area contributed by atoms with Gasteiger partial charge < -0.3 is 10.6 Å². The zero-order valence-electron chi connectivity index (χ0n) is 16.8. The van der Waals surface area contributed by atoms with Crippen LogP contribution < -0.4 is 10.6 Å². The minimum absolute atomic E-state index is 0.113. The third-order valence-electron chi connectivity index (χ3n) is 5.58. The monoisotopic (exact) mass is 419 g/mol. The van der Waals surface area contributed by atoms with E-state index in [1.165, 1.54) is 10.6 Å². The van der Waals surface area contributed by atoms with Crippen molar-refractivity contribution < 1.29 is 13.2 Å². The number of piperidine rings is 1. The number of hydrogen-bond donors (Lipinski definition) is 2. The SMILES string of the molecule is CNC(=O)c1nn(C)c2c1CCc1cnc(NC3CCN(S(C)(=O)=O)CC3)nc1-2. The molecule has 1 aliphatic carbocycles. The molecule has 1 fully saturated rings. The highest BCUT2D eigenvalue weighted by Crippen LogP contribution is 2.34. The molecule has 0 radical (unpaired) electrons. The van der Waals surface area contributed by atoms with Gasteiger partial charge in [-0.25, -0.2) is 22.7 Å². The number of fused-ring (bicyclic) bond motifs is 3. The van der Waals surface area contributed by atoms with Gasteiger partial charge in [-0.3, -0.25) is 9.48 Å². The molecule has 2 aromatic rings. The molecule has 0 aromatic carbocycles. The normalized spacial score (nSPS) is 17.5. The zero-order valence-corrected chi connectivity index (χ0v) is 17.6. The Morgan fingerprint density at radius 3 is 2.62 bits per heavy atom. The van der Waals surface area contributed by atoms with Crippen LogP contribution in [0.5, 0.6) is 0 Å². The van der Waals surface area contributed by atoms with Crippen molar-refractivity contribution in [1.82, 2.24) is 29.4 Å². The summed E-state index contributed by atoms with van der Waals surface area (Å²) in [5.41, 5.74) is 4.02. The van der Waals surface area contributed by atoms with Crippen molar-refractivity contribution in [3.8, 4) is 11.4 Å². The van der Waals surface area contributed by atoms with E-state index in [0.29, 0.717) is 37.6 Å². The van der Waals surface area contributed by atoms with Crippen molar-refractivity contribution in [2.24, 2.45) is 7.05 Å². The molecular weight excluding hydrogens is 394 g/mol. The molecule has 2 aliphatic rings. The summed E-state index contributed by atoms with van der Waals surface area (Å²) in [6.07, 6.45) is 5.94. The first-order valence-corrected chi connectivity index (χ1v) is 11.5. The molecule has 2 aromatic heterocycles. The second-order valence-electron chi connectivity index (χ2n) is 7.53. The average Bonchev–Trinajstić information content (AvgIpc) is 3.04. The number of aryl methyl sites for hydroxylation is 2. The number of sulfonamides is 1. The van der Waals surface area contributed by atoms with Gasteiger partial charge in [-0.15, -0.1) is 0 Å². The Hall–Kier alpha value is -2.53. The van der Waals surface area contributed by atoms with E-state index in [1.54, 1.807) is 11.7 Å². The largest absolute Gasteiger partial charge is 0.354 e. The lowest BCUT2D eigenvalue weighted by Crippen LogP contribution is -2.42. The van der Waals surface area contributed by atoms with Crippen LogP contribution in [0.15, 0.2) is 6.20 Å². The zero-order chi connectivity index (χ0) is 20.8. The third-order valence-corrected chi connectivity index (χ3v) is 6.88. The number of amides is 1. The van der Waals surface area contributed by atoms with Crippen LogP contribution in [0.3, 0.4) is 0 Å². The van der Waals surface area contributed by atoms with Crippen LogP contribution in [0.4, 0.5) is 5.95 Å². The molecule has 3 heterocycles. The number of nitrogens with zero attached hydrogens (tertiary/aromatic N) is 5. The molecule has 0 saturated carbocycles. The van der Waals surface area contributed by atoms with Crippen molar-refractivity contribution in [1.29, 1.82) is 0 Å². The molecule has 2 N–H and O–H groups in total. The predicted molar refractivity (Wildman–Crippen MR) is 108 cm³/mol. The van der Waals surface area contributed by atoms with Crippen LogP contribution in [0, 0.1) is 0 Å². The van der Waals surface area contributed by atoms with Gasteiger partial charge in [0, 0.05) is 45.0 Å². The molecule has 10 nitrogen and oxygen atoms in total. The van der Waals surface area contributed by atoms with Crippen LogP contribution >= 0.6 is 0 Å². The maximum Gasteiger partial charge on any atom is 0.271 e. The molecule has 0 bridgehead atoms. The van der Waals surface area contributed by atoms with Gasteiger partial charge in [0.15, 0.2) is 5.69 Å². The summed E-state index contributed by atoms with van der Waals surface area (Å²) in [6, 6.07) is 0.113. The molecule has 0 unspecified atom stereocenters. The topological polar surface area (TPSA) is 122 Å². The summed E-state index contributed by atoms with van der Waals surface area (Å²) in [5, 5.41) is 10.4. The maximum atomic E-state index is 12.2. The molecule has 11 heteroatoms. The van der Waals surface area contributed by atoms with Crippen molar-refractivity contribution >= 4 is 21.9 Å². The second kappa shape index (κ2) is 7.38. The van der Waals surface area contributed by atoms with Crippen LogP contribution in [-0.4, -0.2) is 70.8 Å². The minimum atomic E-state index is -3.15.